The maximum atomic E-state index is 4.66. The summed E-state index contributed by atoms with van der Waals surface area (Å²) in [5, 5.41) is 3.45. The van der Waals surface area contributed by atoms with Gasteiger partial charge in [-0.3, -0.25) is 0 Å². The highest BCUT2D eigenvalue weighted by molar-refractivity contribution is 5.79. The van der Waals surface area contributed by atoms with Gasteiger partial charge >= 0.3 is 0 Å². The minimum Gasteiger partial charge on any atom is -0.381 e. The highest BCUT2D eigenvalue weighted by Crippen LogP contribution is 2.24. The summed E-state index contributed by atoms with van der Waals surface area (Å²) < 4.78 is 2.06. The molecule has 0 unspecified atom stereocenters. The van der Waals surface area contributed by atoms with E-state index in [0.717, 1.165) is 29.1 Å². The molecule has 21 heavy (non-hydrogen) atoms. The molecule has 0 spiro atoms. The Morgan fingerprint density at radius 2 is 2.05 bits per heavy atom. The molecule has 2 N–H and O–H groups in total. The maximum Gasteiger partial charge on any atom is 0.112 e. The zero-order chi connectivity index (χ0) is 15.0. The second-order valence-corrected chi connectivity index (χ2v) is 6.61. The van der Waals surface area contributed by atoms with Crippen LogP contribution in [-0.4, -0.2) is 14.5 Å². The number of nitrogens with zero attached hydrogens (tertiary/aromatic N) is 2. The molecule has 0 aliphatic rings. The van der Waals surface area contributed by atoms with Gasteiger partial charge in [-0.15, -0.1) is 0 Å². The maximum absolute atomic E-state index is 4.66. The second kappa shape index (κ2) is 4.95. The van der Waals surface area contributed by atoms with Crippen molar-refractivity contribution in [2.75, 3.05) is 5.32 Å². The highest BCUT2D eigenvalue weighted by Gasteiger charge is 2.18. The summed E-state index contributed by atoms with van der Waals surface area (Å²) in [6.45, 7) is 7.32. The monoisotopic (exact) mass is 282 g/mol. The number of benzene rings is 1. The third-order valence-corrected chi connectivity index (χ3v) is 3.58. The average Bonchev–Trinajstić information content (AvgIpc) is 3.01. The van der Waals surface area contributed by atoms with Crippen molar-refractivity contribution in [3.05, 3.63) is 48.0 Å². The molecule has 0 radical (unpaired) electrons. The van der Waals surface area contributed by atoms with Crippen LogP contribution in [0.3, 0.4) is 0 Å². The first-order valence-electron chi connectivity index (χ1n) is 7.27. The lowest BCUT2D eigenvalue weighted by Crippen LogP contribution is -2.12. The zero-order valence-corrected chi connectivity index (χ0v) is 13.1. The molecule has 0 amide bonds. The van der Waals surface area contributed by atoms with Crippen LogP contribution >= 0.6 is 0 Å². The topological polar surface area (TPSA) is 45.6 Å². The fourth-order valence-electron chi connectivity index (χ4n) is 2.34. The molecule has 2 heterocycles. The summed E-state index contributed by atoms with van der Waals surface area (Å²) in [6, 6.07) is 8.40. The van der Waals surface area contributed by atoms with E-state index >= 15 is 0 Å². The standard InChI is InChI=1S/C17H22N4/c1-17(2,3)16-19-14-6-5-13(9-15(14)20-16)18-10-12-7-8-21(4)11-12/h5-9,11,18H,10H2,1-4H3,(H,19,20). The Balaban J connectivity index is 1.80. The van der Waals surface area contributed by atoms with Crippen LogP contribution in [0.4, 0.5) is 5.69 Å². The number of anilines is 1. The predicted octanol–water partition coefficient (Wildman–Crippen LogP) is 3.81. The molecule has 0 aliphatic carbocycles. The highest BCUT2D eigenvalue weighted by atomic mass is 14.9. The lowest BCUT2D eigenvalue weighted by atomic mass is 9.96. The molecule has 4 heteroatoms. The van der Waals surface area contributed by atoms with Crippen molar-refractivity contribution in [3.8, 4) is 0 Å². The van der Waals surface area contributed by atoms with Crippen LogP contribution in [0.1, 0.15) is 32.2 Å². The number of fused-ring (bicyclic) bond motifs is 1. The summed E-state index contributed by atoms with van der Waals surface area (Å²) in [5.41, 5.74) is 4.52. The van der Waals surface area contributed by atoms with Crippen molar-refractivity contribution >= 4 is 16.7 Å². The molecule has 0 fully saturated rings. The molecule has 3 aromatic rings. The Hall–Kier alpha value is -2.23. The molecule has 0 saturated heterocycles. The number of aromatic amines is 1. The largest absolute Gasteiger partial charge is 0.381 e. The molecule has 0 saturated carbocycles. The summed E-state index contributed by atoms with van der Waals surface area (Å²) in [4.78, 5) is 8.08. The van der Waals surface area contributed by atoms with Gasteiger partial charge in [0, 0.05) is 37.1 Å². The molecular formula is C17H22N4. The molecular weight excluding hydrogens is 260 g/mol. The van der Waals surface area contributed by atoms with Crippen LogP contribution in [0, 0.1) is 0 Å². The second-order valence-electron chi connectivity index (χ2n) is 6.61. The number of aromatic nitrogens is 3. The van der Waals surface area contributed by atoms with Gasteiger partial charge in [-0.1, -0.05) is 20.8 Å². The van der Waals surface area contributed by atoms with Crippen LogP contribution in [0.5, 0.6) is 0 Å². The van der Waals surface area contributed by atoms with E-state index < -0.39 is 0 Å². The molecule has 0 bridgehead atoms. The normalized spacial score (nSPS) is 12.0. The minimum absolute atomic E-state index is 0.0383. The van der Waals surface area contributed by atoms with Crippen LogP contribution in [0.15, 0.2) is 36.7 Å². The molecule has 2 aromatic heterocycles. The fraction of sp³-hybridized carbons (Fsp3) is 0.353. The van der Waals surface area contributed by atoms with Crippen molar-refractivity contribution in [1.29, 1.82) is 0 Å². The number of nitrogens with one attached hydrogen (secondary N) is 2. The first kappa shape index (κ1) is 13.7. The van der Waals surface area contributed by atoms with E-state index in [4.69, 9.17) is 0 Å². The van der Waals surface area contributed by atoms with E-state index in [-0.39, 0.29) is 5.41 Å². The van der Waals surface area contributed by atoms with Crippen LogP contribution in [-0.2, 0) is 19.0 Å². The molecule has 1 aromatic carbocycles. The first-order chi connectivity index (χ1) is 9.91. The number of aryl methyl sites for hydroxylation is 1. The van der Waals surface area contributed by atoms with E-state index in [2.05, 4.69) is 77.3 Å². The van der Waals surface area contributed by atoms with E-state index in [1.165, 1.54) is 5.56 Å². The summed E-state index contributed by atoms with van der Waals surface area (Å²) in [7, 11) is 2.04. The van der Waals surface area contributed by atoms with Gasteiger partial charge in [0.15, 0.2) is 0 Å². The first-order valence-corrected chi connectivity index (χ1v) is 7.27. The Morgan fingerprint density at radius 3 is 2.71 bits per heavy atom. The van der Waals surface area contributed by atoms with Crippen molar-refractivity contribution in [1.82, 2.24) is 14.5 Å². The van der Waals surface area contributed by atoms with E-state index in [9.17, 15) is 0 Å². The summed E-state index contributed by atoms with van der Waals surface area (Å²) in [6.07, 6.45) is 4.18. The lowest BCUT2D eigenvalue weighted by molar-refractivity contribution is 0.554. The Kier molecular flexibility index (Phi) is 3.24. The third kappa shape index (κ3) is 2.94. The van der Waals surface area contributed by atoms with Crippen LogP contribution < -0.4 is 5.32 Å². The Labute approximate surface area is 125 Å². The lowest BCUT2D eigenvalue weighted by Gasteiger charge is -2.13. The van der Waals surface area contributed by atoms with Gasteiger partial charge in [-0.05, 0) is 29.8 Å². The number of hydrogen-bond acceptors (Lipinski definition) is 2. The minimum atomic E-state index is 0.0383. The van der Waals surface area contributed by atoms with E-state index in [1.54, 1.807) is 0 Å². The van der Waals surface area contributed by atoms with Crippen molar-refractivity contribution in [3.63, 3.8) is 0 Å². The smallest absolute Gasteiger partial charge is 0.112 e. The molecule has 110 valence electrons. The Morgan fingerprint density at radius 1 is 1.24 bits per heavy atom. The zero-order valence-electron chi connectivity index (χ0n) is 13.1. The predicted molar refractivity (Wildman–Crippen MR) is 87.5 cm³/mol. The Bertz CT molecular complexity index is 759. The number of rotatable bonds is 3. The van der Waals surface area contributed by atoms with Crippen molar-refractivity contribution in [2.45, 2.75) is 32.7 Å². The number of hydrogen-bond donors (Lipinski definition) is 2. The van der Waals surface area contributed by atoms with Crippen molar-refractivity contribution in [2.24, 2.45) is 7.05 Å². The molecule has 3 rings (SSSR count). The van der Waals surface area contributed by atoms with Crippen LogP contribution in [0.2, 0.25) is 0 Å². The molecule has 0 aliphatic heterocycles. The number of H-pyrrole nitrogens is 1. The van der Waals surface area contributed by atoms with Gasteiger partial charge in [-0.2, -0.15) is 0 Å². The van der Waals surface area contributed by atoms with Crippen molar-refractivity contribution < 1.29 is 0 Å². The quantitative estimate of drug-likeness (QED) is 0.767. The molecule has 0 atom stereocenters. The third-order valence-electron chi connectivity index (χ3n) is 3.58. The van der Waals surface area contributed by atoms with Gasteiger partial charge in [0.2, 0.25) is 0 Å². The molecule has 4 nitrogen and oxygen atoms in total. The van der Waals surface area contributed by atoms with Gasteiger partial charge in [0.1, 0.15) is 5.82 Å². The fourth-order valence-corrected chi connectivity index (χ4v) is 2.34. The average molecular weight is 282 g/mol. The van der Waals surface area contributed by atoms with Gasteiger partial charge < -0.3 is 14.9 Å². The number of imidazole rings is 1. The van der Waals surface area contributed by atoms with E-state index in [1.807, 2.05) is 7.05 Å². The van der Waals surface area contributed by atoms with Gasteiger partial charge in [0.05, 0.1) is 11.0 Å². The summed E-state index contributed by atoms with van der Waals surface area (Å²) in [5.74, 6) is 1.03. The summed E-state index contributed by atoms with van der Waals surface area (Å²) >= 11 is 0. The van der Waals surface area contributed by atoms with E-state index in [0.29, 0.717) is 0 Å². The van der Waals surface area contributed by atoms with Gasteiger partial charge in [0.25, 0.3) is 0 Å². The van der Waals surface area contributed by atoms with Crippen LogP contribution in [0.25, 0.3) is 11.0 Å². The van der Waals surface area contributed by atoms with Gasteiger partial charge in [-0.25, -0.2) is 4.98 Å². The SMILES string of the molecule is Cn1ccc(CNc2ccc3nc(C(C)(C)C)[nH]c3c2)c1.